The number of likely N-dealkylation sites (N-methyl/N-ethyl adjacent to an activating group) is 1. The van der Waals surface area contributed by atoms with Gasteiger partial charge in [-0.15, -0.1) is 22.7 Å². The molecule has 0 aliphatic heterocycles. The quantitative estimate of drug-likeness (QED) is 0.527. The second kappa shape index (κ2) is 9.16. The van der Waals surface area contributed by atoms with Crippen LogP contribution in [-0.2, 0) is 24.4 Å². The van der Waals surface area contributed by atoms with Crippen LogP contribution < -0.4 is 4.74 Å². The van der Waals surface area contributed by atoms with Crippen LogP contribution in [0.2, 0.25) is 5.02 Å². The number of ether oxygens (including phenoxy) is 1. The van der Waals surface area contributed by atoms with Gasteiger partial charge in [0.2, 0.25) is 5.91 Å². The van der Waals surface area contributed by atoms with Crippen molar-refractivity contribution in [3.8, 4) is 5.75 Å². The molecule has 0 radical (unpaired) electrons. The Bertz CT molecular complexity index is 832. The Labute approximate surface area is 166 Å². The minimum absolute atomic E-state index is 0.0939. The van der Waals surface area contributed by atoms with Crippen LogP contribution in [0.25, 0.3) is 0 Å². The minimum atomic E-state index is 0.0939. The van der Waals surface area contributed by atoms with E-state index in [4.69, 9.17) is 16.3 Å². The maximum absolute atomic E-state index is 12.5. The van der Waals surface area contributed by atoms with E-state index in [1.54, 1.807) is 23.5 Å². The Morgan fingerprint density at radius 2 is 2.04 bits per heavy atom. The van der Waals surface area contributed by atoms with Gasteiger partial charge in [-0.1, -0.05) is 17.7 Å². The summed E-state index contributed by atoms with van der Waals surface area (Å²) in [5, 5.41) is 5.48. The average Bonchev–Trinajstić information content (AvgIpc) is 3.31. The molecule has 0 saturated heterocycles. The number of carbonyl (C=O) groups excluding carboxylic acids is 1. The molecule has 0 spiro atoms. The van der Waals surface area contributed by atoms with Crippen molar-refractivity contribution in [2.24, 2.45) is 0 Å². The molecule has 4 nitrogen and oxygen atoms in total. The van der Waals surface area contributed by atoms with Crippen molar-refractivity contribution in [1.82, 2.24) is 9.88 Å². The van der Waals surface area contributed by atoms with Crippen LogP contribution in [0, 0.1) is 0 Å². The Balaban J connectivity index is 1.53. The van der Waals surface area contributed by atoms with E-state index in [-0.39, 0.29) is 5.91 Å². The fourth-order valence-corrected chi connectivity index (χ4v) is 3.96. The van der Waals surface area contributed by atoms with Gasteiger partial charge in [-0.05, 0) is 42.6 Å². The number of thiazole rings is 1. The van der Waals surface area contributed by atoms with E-state index in [1.165, 1.54) is 16.2 Å². The Morgan fingerprint density at radius 1 is 1.23 bits per heavy atom. The lowest BCUT2D eigenvalue weighted by molar-refractivity contribution is -0.130. The first-order valence-corrected chi connectivity index (χ1v) is 10.4. The van der Waals surface area contributed by atoms with Crippen molar-refractivity contribution in [1.29, 1.82) is 0 Å². The number of amides is 1. The number of thiophene rings is 1. The topological polar surface area (TPSA) is 42.4 Å². The third-order valence-corrected chi connectivity index (χ3v) is 5.75. The highest BCUT2D eigenvalue weighted by atomic mass is 35.5. The first-order chi connectivity index (χ1) is 12.6. The molecule has 26 heavy (non-hydrogen) atoms. The lowest BCUT2D eigenvalue weighted by Gasteiger charge is -2.19. The SMILES string of the molecule is CCN(Cc1cccs1)C(=O)Cc1csc(COc2ccc(Cl)cc2)n1. The van der Waals surface area contributed by atoms with Crippen molar-refractivity contribution >= 4 is 40.2 Å². The average molecular weight is 407 g/mol. The van der Waals surface area contributed by atoms with Crippen molar-refractivity contribution in [3.63, 3.8) is 0 Å². The summed E-state index contributed by atoms with van der Waals surface area (Å²) in [6.07, 6.45) is 0.316. The van der Waals surface area contributed by atoms with Gasteiger partial charge >= 0.3 is 0 Å². The maximum atomic E-state index is 12.5. The van der Waals surface area contributed by atoms with E-state index < -0.39 is 0 Å². The van der Waals surface area contributed by atoms with Crippen molar-refractivity contribution < 1.29 is 9.53 Å². The second-order valence-electron chi connectivity index (χ2n) is 5.64. The number of aromatic nitrogens is 1. The predicted molar refractivity (Wildman–Crippen MR) is 107 cm³/mol. The van der Waals surface area contributed by atoms with E-state index in [0.29, 0.717) is 31.1 Å². The smallest absolute Gasteiger partial charge is 0.228 e. The molecule has 136 valence electrons. The number of hydrogen-bond acceptors (Lipinski definition) is 5. The Hall–Kier alpha value is -1.89. The highest BCUT2D eigenvalue weighted by Crippen LogP contribution is 2.19. The molecule has 1 amide bonds. The fraction of sp³-hybridized carbons (Fsp3) is 0.263. The molecule has 1 aromatic carbocycles. The van der Waals surface area contributed by atoms with Gasteiger partial charge in [-0.25, -0.2) is 4.98 Å². The highest BCUT2D eigenvalue weighted by molar-refractivity contribution is 7.10. The summed E-state index contributed by atoms with van der Waals surface area (Å²) >= 11 is 9.04. The summed E-state index contributed by atoms with van der Waals surface area (Å²) < 4.78 is 5.70. The molecule has 0 aliphatic carbocycles. The molecule has 0 N–H and O–H groups in total. The van der Waals surface area contributed by atoms with Crippen LogP contribution in [0.4, 0.5) is 0 Å². The van der Waals surface area contributed by atoms with E-state index >= 15 is 0 Å². The minimum Gasteiger partial charge on any atom is -0.486 e. The first-order valence-electron chi connectivity index (χ1n) is 8.26. The third kappa shape index (κ3) is 5.30. The number of benzene rings is 1. The zero-order valence-corrected chi connectivity index (χ0v) is 16.7. The molecule has 0 aliphatic rings. The predicted octanol–water partition coefficient (Wildman–Crippen LogP) is 5.03. The van der Waals surface area contributed by atoms with Gasteiger partial charge in [0, 0.05) is 21.8 Å². The number of carbonyl (C=O) groups is 1. The number of rotatable bonds is 8. The maximum Gasteiger partial charge on any atom is 0.228 e. The molecule has 7 heteroatoms. The first kappa shape index (κ1) is 18.9. The monoisotopic (exact) mass is 406 g/mol. The largest absolute Gasteiger partial charge is 0.486 e. The molecule has 2 aromatic heterocycles. The molecular weight excluding hydrogens is 388 g/mol. The van der Waals surface area contributed by atoms with Crippen molar-refractivity contribution in [3.05, 3.63) is 67.8 Å². The molecule has 0 atom stereocenters. The van der Waals surface area contributed by atoms with Gasteiger partial charge < -0.3 is 9.64 Å². The zero-order chi connectivity index (χ0) is 18.4. The van der Waals surface area contributed by atoms with Gasteiger partial charge in [0.1, 0.15) is 17.4 Å². The highest BCUT2D eigenvalue weighted by Gasteiger charge is 2.15. The van der Waals surface area contributed by atoms with E-state index in [9.17, 15) is 4.79 Å². The summed E-state index contributed by atoms with van der Waals surface area (Å²) in [6, 6.07) is 11.3. The normalized spacial score (nSPS) is 10.7. The summed E-state index contributed by atoms with van der Waals surface area (Å²) in [7, 11) is 0. The van der Waals surface area contributed by atoms with E-state index in [1.807, 2.05) is 40.8 Å². The van der Waals surface area contributed by atoms with E-state index in [0.717, 1.165) is 16.5 Å². The molecular formula is C19H19ClN2O2S2. The van der Waals surface area contributed by atoms with Gasteiger partial charge in [0.15, 0.2) is 0 Å². The lowest BCUT2D eigenvalue weighted by Crippen LogP contribution is -2.31. The molecule has 0 fully saturated rings. The Kier molecular flexibility index (Phi) is 6.66. The number of nitrogens with zero attached hydrogens (tertiary/aromatic N) is 2. The van der Waals surface area contributed by atoms with Gasteiger partial charge in [0.25, 0.3) is 0 Å². The molecule has 3 rings (SSSR count). The van der Waals surface area contributed by atoms with Crippen LogP contribution >= 0.6 is 34.3 Å². The molecule has 2 heterocycles. The standard InChI is InChI=1S/C19H19ClN2O2S2/c1-2-22(11-17-4-3-9-25-17)19(23)10-15-13-26-18(21-15)12-24-16-7-5-14(20)6-8-16/h3-9,13H,2,10-12H2,1H3. The molecule has 3 aromatic rings. The number of hydrogen-bond donors (Lipinski definition) is 0. The van der Waals surface area contributed by atoms with E-state index in [2.05, 4.69) is 11.1 Å². The van der Waals surface area contributed by atoms with Crippen LogP contribution in [0.15, 0.2) is 47.2 Å². The van der Waals surface area contributed by atoms with Crippen molar-refractivity contribution in [2.45, 2.75) is 26.5 Å². The third-order valence-electron chi connectivity index (χ3n) is 3.77. The van der Waals surface area contributed by atoms with Crippen LogP contribution in [0.1, 0.15) is 22.5 Å². The molecule has 0 bridgehead atoms. The fourth-order valence-electron chi connectivity index (χ4n) is 2.41. The van der Waals surface area contributed by atoms with Crippen LogP contribution in [0.5, 0.6) is 5.75 Å². The number of halogens is 1. The van der Waals surface area contributed by atoms with Gasteiger partial charge in [0.05, 0.1) is 18.7 Å². The van der Waals surface area contributed by atoms with Gasteiger partial charge in [-0.2, -0.15) is 0 Å². The summed E-state index contributed by atoms with van der Waals surface area (Å²) in [4.78, 5) is 20.1. The Morgan fingerprint density at radius 3 is 2.73 bits per heavy atom. The summed E-state index contributed by atoms with van der Waals surface area (Å²) in [6.45, 7) is 3.72. The second-order valence-corrected chi connectivity index (χ2v) is 8.05. The molecule has 0 saturated carbocycles. The zero-order valence-electron chi connectivity index (χ0n) is 14.4. The summed E-state index contributed by atoms with van der Waals surface area (Å²) in [5.74, 6) is 0.840. The summed E-state index contributed by atoms with van der Waals surface area (Å²) in [5.41, 5.74) is 0.791. The lowest BCUT2D eigenvalue weighted by atomic mass is 10.3. The van der Waals surface area contributed by atoms with Crippen LogP contribution in [0.3, 0.4) is 0 Å². The van der Waals surface area contributed by atoms with Gasteiger partial charge in [-0.3, -0.25) is 4.79 Å². The van der Waals surface area contributed by atoms with Crippen molar-refractivity contribution in [2.75, 3.05) is 6.54 Å². The van der Waals surface area contributed by atoms with Crippen LogP contribution in [-0.4, -0.2) is 22.3 Å². The molecule has 0 unspecified atom stereocenters.